The molecule has 1 fully saturated rings. The zero-order valence-corrected chi connectivity index (χ0v) is 12.6. The van der Waals surface area contributed by atoms with Crippen molar-refractivity contribution in [3.63, 3.8) is 0 Å². The standard InChI is InChI=1S/C16H24N2O2/c1-4-13-11-17(3)9-6-10-18(13)15-12(2)7-5-8-14(15)16(19)20/h5,7-8,13H,4,6,9-11H2,1-3H3,(H,19,20). The van der Waals surface area contributed by atoms with Gasteiger partial charge >= 0.3 is 5.97 Å². The van der Waals surface area contributed by atoms with Crippen LogP contribution in [0.1, 0.15) is 35.7 Å². The Balaban J connectivity index is 2.45. The summed E-state index contributed by atoms with van der Waals surface area (Å²) in [6.45, 7) is 7.16. The molecule has 1 saturated heterocycles. The lowest BCUT2D eigenvalue weighted by molar-refractivity contribution is 0.0697. The van der Waals surface area contributed by atoms with E-state index in [1.807, 2.05) is 19.1 Å². The van der Waals surface area contributed by atoms with Crippen LogP contribution in [-0.4, -0.2) is 48.7 Å². The molecule has 0 aromatic heterocycles. The number of carboxylic acids is 1. The van der Waals surface area contributed by atoms with Crippen molar-refractivity contribution in [2.24, 2.45) is 0 Å². The Kier molecular flexibility index (Phi) is 4.65. The van der Waals surface area contributed by atoms with Crippen LogP contribution in [0, 0.1) is 6.92 Å². The number of anilines is 1. The van der Waals surface area contributed by atoms with E-state index in [0.29, 0.717) is 11.6 Å². The number of likely N-dealkylation sites (N-methyl/N-ethyl adjacent to an activating group) is 1. The Hall–Kier alpha value is -1.55. The van der Waals surface area contributed by atoms with Gasteiger partial charge in [-0.1, -0.05) is 19.1 Å². The molecule has 1 atom stereocenters. The number of hydrogen-bond acceptors (Lipinski definition) is 3. The van der Waals surface area contributed by atoms with Crippen molar-refractivity contribution in [1.82, 2.24) is 4.90 Å². The van der Waals surface area contributed by atoms with Gasteiger partial charge in [0.15, 0.2) is 0 Å². The molecule has 1 aliphatic heterocycles. The highest BCUT2D eigenvalue weighted by Crippen LogP contribution is 2.29. The van der Waals surface area contributed by atoms with Gasteiger partial charge in [-0.3, -0.25) is 0 Å². The van der Waals surface area contributed by atoms with Crippen molar-refractivity contribution in [2.45, 2.75) is 32.7 Å². The van der Waals surface area contributed by atoms with Crippen LogP contribution in [-0.2, 0) is 0 Å². The molecule has 1 N–H and O–H groups in total. The molecule has 1 aromatic rings. The van der Waals surface area contributed by atoms with Gasteiger partial charge in [0.1, 0.15) is 0 Å². The second-order valence-electron chi connectivity index (χ2n) is 5.65. The van der Waals surface area contributed by atoms with E-state index in [1.54, 1.807) is 6.07 Å². The topological polar surface area (TPSA) is 43.8 Å². The van der Waals surface area contributed by atoms with Crippen molar-refractivity contribution >= 4 is 11.7 Å². The van der Waals surface area contributed by atoms with Crippen molar-refractivity contribution < 1.29 is 9.90 Å². The molecule has 0 amide bonds. The summed E-state index contributed by atoms with van der Waals surface area (Å²) in [5.41, 5.74) is 2.38. The van der Waals surface area contributed by atoms with Crippen LogP contribution in [0.15, 0.2) is 18.2 Å². The van der Waals surface area contributed by atoms with Crippen molar-refractivity contribution in [3.05, 3.63) is 29.3 Å². The molecule has 1 heterocycles. The maximum absolute atomic E-state index is 11.5. The SMILES string of the molecule is CCC1CN(C)CCCN1c1c(C)cccc1C(=O)O. The quantitative estimate of drug-likeness (QED) is 0.921. The summed E-state index contributed by atoms with van der Waals surface area (Å²) in [5, 5.41) is 9.46. The molecule has 4 nitrogen and oxygen atoms in total. The fourth-order valence-corrected chi connectivity index (χ4v) is 3.10. The summed E-state index contributed by atoms with van der Waals surface area (Å²) in [6.07, 6.45) is 2.10. The van der Waals surface area contributed by atoms with Crippen LogP contribution in [0.3, 0.4) is 0 Å². The van der Waals surface area contributed by atoms with Gasteiger partial charge in [-0.05, 0) is 45.0 Å². The summed E-state index contributed by atoms with van der Waals surface area (Å²) >= 11 is 0. The van der Waals surface area contributed by atoms with Crippen LogP contribution in [0.2, 0.25) is 0 Å². The van der Waals surface area contributed by atoms with Crippen LogP contribution < -0.4 is 4.90 Å². The van der Waals surface area contributed by atoms with Gasteiger partial charge < -0.3 is 14.9 Å². The molecule has 2 rings (SSSR count). The molecule has 0 radical (unpaired) electrons. The average Bonchev–Trinajstić information content (AvgIpc) is 2.59. The zero-order valence-electron chi connectivity index (χ0n) is 12.6. The van der Waals surface area contributed by atoms with Crippen LogP contribution in [0.5, 0.6) is 0 Å². The Bertz CT molecular complexity index is 487. The van der Waals surface area contributed by atoms with Gasteiger partial charge in [0, 0.05) is 19.1 Å². The number of hydrogen-bond donors (Lipinski definition) is 1. The molecule has 20 heavy (non-hydrogen) atoms. The summed E-state index contributed by atoms with van der Waals surface area (Å²) < 4.78 is 0. The average molecular weight is 276 g/mol. The third kappa shape index (κ3) is 2.96. The second-order valence-corrected chi connectivity index (χ2v) is 5.65. The Morgan fingerprint density at radius 3 is 2.80 bits per heavy atom. The smallest absolute Gasteiger partial charge is 0.337 e. The molecular formula is C16H24N2O2. The first-order valence-corrected chi connectivity index (χ1v) is 7.32. The molecule has 1 aliphatic rings. The van der Waals surface area contributed by atoms with Gasteiger partial charge in [-0.15, -0.1) is 0 Å². The van der Waals surface area contributed by atoms with Gasteiger partial charge in [0.2, 0.25) is 0 Å². The fourth-order valence-electron chi connectivity index (χ4n) is 3.10. The van der Waals surface area contributed by atoms with E-state index in [4.69, 9.17) is 0 Å². The Morgan fingerprint density at radius 1 is 1.40 bits per heavy atom. The normalized spacial score (nSPS) is 20.8. The maximum Gasteiger partial charge on any atom is 0.337 e. The molecule has 1 aromatic carbocycles. The van der Waals surface area contributed by atoms with Crippen molar-refractivity contribution in [1.29, 1.82) is 0 Å². The minimum Gasteiger partial charge on any atom is -0.478 e. The molecule has 0 spiro atoms. The number of aromatic carboxylic acids is 1. The largest absolute Gasteiger partial charge is 0.478 e. The van der Waals surface area contributed by atoms with E-state index in [9.17, 15) is 9.90 Å². The van der Waals surface area contributed by atoms with Crippen molar-refractivity contribution in [3.8, 4) is 0 Å². The van der Waals surface area contributed by atoms with Crippen LogP contribution in [0.25, 0.3) is 0 Å². The summed E-state index contributed by atoms with van der Waals surface area (Å²) in [5.74, 6) is -0.837. The lowest BCUT2D eigenvalue weighted by Gasteiger charge is -2.34. The number of rotatable bonds is 3. The number of aryl methyl sites for hydroxylation is 1. The monoisotopic (exact) mass is 276 g/mol. The molecule has 0 saturated carbocycles. The van der Waals surface area contributed by atoms with E-state index >= 15 is 0 Å². The van der Waals surface area contributed by atoms with E-state index in [0.717, 1.165) is 43.7 Å². The van der Waals surface area contributed by atoms with E-state index in [-0.39, 0.29) is 0 Å². The third-order valence-corrected chi connectivity index (χ3v) is 4.13. The number of para-hydroxylation sites is 1. The first-order valence-electron chi connectivity index (χ1n) is 7.32. The maximum atomic E-state index is 11.5. The minimum absolute atomic E-state index is 0.377. The van der Waals surface area contributed by atoms with E-state index < -0.39 is 5.97 Å². The highest BCUT2D eigenvalue weighted by molar-refractivity contribution is 5.95. The number of benzene rings is 1. The number of nitrogens with zero attached hydrogens (tertiary/aromatic N) is 2. The molecule has 0 aliphatic carbocycles. The van der Waals surface area contributed by atoms with Gasteiger partial charge in [0.05, 0.1) is 11.3 Å². The second kappa shape index (κ2) is 6.27. The summed E-state index contributed by atoms with van der Waals surface area (Å²) in [4.78, 5) is 16.2. The highest BCUT2D eigenvalue weighted by atomic mass is 16.4. The zero-order chi connectivity index (χ0) is 14.7. The van der Waals surface area contributed by atoms with E-state index in [2.05, 4.69) is 23.8 Å². The predicted molar refractivity (Wildman–Crippen MR) is 81.7 cm³/mol. The molecule has 0 bridgehead atoms. The summed E-state index contributed by atoms with van der Waals surface area (Å²) in [6, 6.07) is 5.92. The Labute approximate surface area is 121 Å². The molecule has 1 unspecified atom stereocenters. The number of carbonyl (C=O) groups is 1. The molecule has 4 heteroatoms. The van der Waals surface area contributed by atoms with E-state index in [1.165, 1.54) is 0 Å². The molecular weight excluding hydrogens is 252 g/mol. The van der Waals surface area contributed by atoms with Gasteiger partial charge in [-0.25, -0.2) is 4.79 Å². The molecule has 110 valence electrons. The Morgan fingerprint density at radius 2 is 2.15 bits per heavy atom. The fraction of sp³-hybridized carbons (Fsp3) is 0.562. The summed E-state index contributed by atoms with van der Waals surface area (Å²) in [7, 11) is 2.14. The first-order chi connectivity index (χ1) is 9.54. The number of carboxylic acid groups (broad SMARTS) is 1. The highest BCUT2D eigenvalue weighted by Gasteiger charge is 2.26. The third-order valence-electron chi connectivity index (χ3n) is 4.13. The lowest BCUT2D eigenvalue weighted by Crippen LogP contribution is -2.41. The van der Waals surface area contributed by atoms with Crippen LogP contribution >= 0.6 is 0 Å². The lowest BCUT2D eigenvalue weighted by atomic mass is 10.0. The first kappa shape index (κ1) is 14.9. The van der Waals surface area contributed by atoms with Gasteiger partial charge in [0.25, 0.3) is 0 Å². The van der Waals surface area contributed by atoms with Crippen molar-refractivity contribution in [2.75, 3.05) is 31.6 Å². The minimum atomic E-state index is -0.837. The van der Waals surface area contributed by atoms with Gasteiger partial charge in [-0.2, -0.15) is 0 Å². The van der Waals surface area contributed by atoms with Crippen LogP contribution in [0.4, 0.5) is 5.69 Å². The predicted octanol–water partition coefficient (Wildman–Crippen LogP) is 2.61.